The Morgan fingerprint density at radius 1 is 0.386 bits per heavy atom. The number of fused-ring (bicyclic) bond motifs is 13. The Morgan fingerprint density at radius 3 is 1.70 bits per heavy atom. The number of nitrogens with zero attached hydrogens (tertiary/aromatic N) is 1. The van der Waals surface area contributed by atoms with Gasteiger partial charge in [-0.1, -0.05) is 213 Å². The maximum Gasteiger partial charge on any atom is 0.135 e. The fourth-order valence-corrected chi connectivity index (χ4v) is 12.5. The van der Waals surface area contributed by atoms with Crippen molar-refractivity contribution in [2.24, 2.45) is 0 Å². The molecule has 0 N–H and O–H groups in total. The summed E-state index contributed by atoms with van der Waals surface area (Å²) in [5.74, 6) is 0. The average molecular weight is 894 g/mol. The van der Waals surface area contributed by atoms with E-state index in [2.05, 4.69) is 261 Å². The number of allylic oxidation sites excluding steroid dienone is 4. The topological polar surface area (TPSA) is 16.4 Å². The van der Waals surface area contributed by atoms with Crippen molar-refractivity contribution in [2.45, 2.75) is 24.2 Å². The quantitative estimate of drug-likeness (QED) is 0.158. The van der Waals surface area contributed by atoms with Crippen molar-refractivity contribution < 1.29 is 4.42 Å². The smallest absolute Gasteiger partial charge is 0.135 e. The second kappa shape index (κ2) is 15.7. The van der Waals surface area contributed by atoms with Gasteiger partial charge in [0.25, 0.3) is 0 Å². The Hall–Kier alpha value is -8.72. The third-order valence-corrected chi connectivity index (χ3v) is 15.6. The SMILES string of the molecule is C[C@@]1(c2ccccc2-c2ccccc2)CC=CC=C1c1ccccc1N(c1cccc(-c2ccc3oc4ccccc4c3c2)c1)c1ccc2c(c1)-c1ccccc1C21c2ccccc2-c2ccccc21. The molecule has 1 spiro atoms. The van der Waals surface area contributed by atoms with E-state index >= 15 is 0 Å². The zero-order valence-electron chi connectivity index (χ0n) is 38.8. The van der Waals surface area contributed by atoms with Gasteiger partial charge in [0.15, 0.2) is 0 Å². The Balaban J connectivity index is 0.991. The van der Waals surface area contributed by atoms with Gasteiger partial charge in [-0.3, -0.25) is 0 Å². The number of para-hydroxylation sites is 2. The molecular weight excluding hydrogens is 847 g/mol. The summed E-state index contributed by atoms with van der Waals surface area (Å²) in [6.07, 6.45) is 7.82. The minimum atomic E-state index is -0.427. The van der Waals surface area contributed by atoms with E-state index in [4.69, 9.17) is 4.42 Å². The standard InChI is InChI=1S/C68H47NO/c1-67(58-30-11-5-24-50(58)45-20-3-2-4-21-45)41-18-17-31-59(67)55-29-9-15-35-64(55)69(48-23-19-22-46(42-48)47-37-40-66-57(43-47)54-28-10-16-36-65(54)70-66)49-38-39-63-56(44-49)53-27-8-14-34-62(53)68(63)60-32-12-6-25-51(60)52-26-7-13-33-61(52)68/h2-40,42-44H,41H2,1H3/t67-/m0/s1. The predicted octanol–water partition coefficient (Wildman–Crippen LogP) is 18.0. The summed E-state index contributed by atoms with van der Waals surface area (Å²) < 4.78 is 6.29. The number of rotatable bonds is 7. The van der Waals surface area contributed by atoms with Crippen molar-refractivity contribution in [3.05, 3.63) is 288 Å². The van der Waals surface area contributed by atoms with Crippen molar-refractivity contribution in [3.63, 3.8) is 0 Å². The Bertz CT molecular complexity index is 3920. The molecule has 10 aromatic carbocycles. The molecule has 2 heteroatoms. The van der Waals surface area contributed by atoms with Crippen LogP contribution in [0.3, 0.4) is 0 Å². The molecule has 0 saturated carbocycles. The van der Waals surface area contributed by atoms with Crippen LogP contribution < -0.4 is 4.90 Å². The van der Waals surface area contributed by atoms with E-state index in [1.54, 1.807) is 0 Å². The third kappa shape index (κ3) is 5.87. The molecule has 11 aromatic rings. The van der Waals surface area contributed by atoms with Gasteiger partial charge in [0.2, 0.25) is 0 Å². The van der Waals surface area contributed by atoms with Crippen LogP contribution in [0.4, 0.5) is 17.1 Å². The van der Waals surface area contributed by atoms with Crippen molar-refractivity contribution >= 4 is 44.6 Å². The Morgan fingerprint density at radius 2 is 0.943 bits per heavy atom. The van der Waals surface area contributed by atoms with Crippen LogP contribution in [0.2, 0.25) is 0 Å². The number of furan rings is 1. The highest BCUT2D eigenvalue weighted by Gasteiger charge is 2.51. The first kappa shape index (κ1) is 40.4. The number of hydrogen-bond acceptors (Lipinski definition) is 2. The molecule has 1 atom stereocenters. The van der Waals surface area contributed by atoms with Gasteiger partial charge in [0.05, 0.1) is 11.1 Å². The highest BCUT2D eigenvalue weighted by molar-refractivity contribution is 6.06. The monoisotopic (exact) mass is 893 g/mol. The summed E-state index contributed by atoms with van der Waals surface area (Å²) in [6, 6.07) is 87.4. The van der Waals surface area contributed by atoms with E-state index in [9.17, 15) is 0 Å². The molecule has 2 nitrogen and oxygen atoms in total. The summed E-state index contributed by atoms with van der Waals surface area (Å²) in [4.78, 5) is 2.51. The molecule has 0 fully saturated rings. The first-order chi connectivity index (χ1) is 34.6. The van der Waals surface area contributed by atoms with Crippen molar-refractivity contribution in [3.8, 4) is 44.5 Å². The molecular formula is C68H47NO. The molecule has 0 radical (unpaired) electrons. The van der Waals surface area contributed by atoms with Gasteiger partial charge in [-0.05, 0) is 133 Å². The maximum atomic E-state index is 6.29. The fourth-order valence-electron chi connectivity index (χ4n) is 12.5. The molecule has 3 aliphatic carbocycles. The van der Waals surface area contributed by atoms with Gasteiger partial charge < -0.3 is 9.32 Å². The van der Waals surface area contributed by atoms with Crippen LogP contribution in [0, 0.1) is 0 Å². The van der Waals surface area contributed by atoms with Crippen LogP contribution in [-0.2, 0) is 10.8 Å². The molecule has 0 amide bonds. The maximum absolute atomic E-state index is 6.29. The first-order valence-corrected chi connectivity index (χ1v) is 24.5. The lowest BCUT2D eigenvalue weighted by Crippen LogP contribution is -2.27. The molecule has 330 valence electrons. The molecule has 1 aromatic heterocycles. The molecule has 14 rings (SSSR count). The van der Waals surface area contributed by atoms with E-state index in [-0.39, 0.29) is 5.41 Å². The van der Waals surface area contributed by atoms with Crippen LogP contribution >= 0.6 is 0 Å². The van der Waals surface area contributed by atoms with Gasteiger partial charge in [-0.2, -0.15) is 0 Å². The summed E-state index contributed by atoms with van der Waals surface area (Å²) in [5, 5.41) is 2.25. The van der Waals surface area contributed by atoms with Crippen molar-refractivity contribution in [2.75, 3.05) is 4.90 Å². The van der Waals surface area contributed by atoms with E-state index in [0.29, 0.717) is 0 Å². The second-order valence-electron chi connectivity index (χ2n) is 19.3. The second-order valence-corrected chi connectivity index (χ2v) is 19.3. The van der Waals surface area contributed by atoms with Crippen LogP contribution in [0.25, 0.3) is 72.0 Å². The Labute approximate surface area is 408 Å². The normalized spacial score (nSPS) is 15.9. The molecule has 0 unspecified atom stereocenters. The molecule has 0 aliphatic heterocycles. The molecule has 1 heterocycles. The minimum Gasteiger partial charge on any atom is -0.456 e. The lowest BCUT2D eigenvalue weighted by molar-refractivity contribution is 0.622. The van der Waals surface area contributed by atoms with Gasteiger partial charge in [0, 0.05) is 33.1 Å². The van der Waals surface area contributed by atoms with Crippen LogP contribution in [0.15, 0.2) is 259 Å². The van der Waals surface area contributed by atoms with Crippen molar-refractivity contribution in [1.29, 1.82) is 0 Å². The number of anilines is 3. The lowest BCUT2D eigenvalue weighted by atomic mass is 9.67. The van der Waals surface area contributed by atoms with E-state index in [1.807, 2.05) is 6.07 Å². The largest absolute Gasteiger partial charge is 0.456 e. The van der Waals surface area contributed by atoms with Crippen LogP contribution in [0.1, 0.15) is 46.7 Å². The lowest BCUT2D eigenvalue weighted by Gasteiger charge is -2.38. The molecule has 70 heavy (non-hydrogen) atoms. The molecule has 0 saturated heterocycles. The first-order valence-electron chi connectivity index (χ1n) is 24.5. The highest BCUT2D eigenvalue weighted by atomic mass is 16.3. The Kier molecular flexibility index (Phi) is 9.03. The number of benzene rings is 10. The van der Waals surface area contributed by atoms with Crippen LogP contribution in [-0.4, -0.2) is 0 Å². The summed E-state index contributed by atoms with van der Waals surface area (Å²) >= 11 is 0. The van der Waals surface area contributed by atoms with Gasteiger partial charge in [-0.25, -0.2) is 0 Å². The third-order valence-electron chi connectivity index (χ3n) is 15.6. The zero-order valence-corrected chi connectivity index (χ0v) is 38.8. The highest BCUT2D eigenvalue weighted by Crippen LogP contribution is 2.63. The zero-order chi connectivity index (χ0) is 46.4. The van der Waals surface area contributed by atoms with Gasteiger partial charge in [0.1, 0.15) is 11.2 Å². The fraction of sp³-hybridized carbons (Fsp3) is 0.0588. The van der Waals surface area contributed by atoms with Crippen LogP contribution in [0.5, 0.6) is 0 Å². The van der Waals surface area contributed by atoms with E-state index in [1.165, 1.54) is 72.3 Å². The van der Waals surface area contributed by atoms with Crippen molar-refractivity contribution in [1.82, 2.24) is 0 Å². The summed E-state index contributed by atoms with van der Waals surface area (Å²) in [7, 11) is 0. The van der Waals surface area contributed by atoms with E-state index in [0.717, 1.165) is 56.5 Å². The molecule has 0 bridgehead atoms. The average Bonchev–Trinajstić information content (AvgIpc) is 4.05. The van der Waals surface area contributed by atoms with Gasteiger partial charge >= 0.3 is 0 Å². The minimum absolute atomic E-state index is 0.333. The summed E-state index contributed by atoms with van der Waals surface area (Å²) in [6.45, 7) is 2.44. The van der Waals surface area contributed by atoms with Gasteiger partial charge in [-0.15, -0.1) is 0 Å². The van der Waals surface area contributed by atoms with E-state index < -0.39 is 5.41 Å². The number of hydrogen-bond donors (Lipinski definition) is 0. The predicted molar refractivity (Wildman–Crippen MR) is 291 cm³/mol. The summed E-state index contributed by atoms with van der Waals surface area (Å²) in [5.41, 5.74) is 23.4. The molecule has 3 aliphatic rings.